The zero-order chi connectivity index (χ0) is 16.6. The standard InChI is InChI=1S/C13H22N2O6/c1-7(5-8(10(14)16)12(18)20-3)6-9(11(17)15-2)13(19)21-4/h7-9H,5-6H2,1-4H3,(H2,14,16)(H,15,17)/t7-,8?,9?/m0/s1. The summed E-state index contributed by atoms with van der Waals surface area (Å²) in [6.07, 6.45) is 0.222. The summed E-state index contributed by atoms with van der Waals surface area (Å²) in [5.41, 5.74) is 5.15. The lowest BCUT2D eigenvalue weighted by Gasteiger charge is -2.20. The number of amides is 2. The lowest BCUT2D eigenvalue weighted by Crippen LogP contribution is -2.37. The molecule has 0 aromatic heterocycles. The number of nitrogens with one attached hydrogen (secondary N) is 1. The largest absolute Gasteiger partial charge is 0.468 e. The molecule has 0 aliphatic rings. The smallest absolute Gasteiger partial charge is 0.318 e. The molecule has 0 rings (SSSR count). The molecule has 0 fully saturated rings. The Kier molecular flexibility index (Phi) is 8.03. The van der Waals surface area contributed by atoms with Gasteiger partial charge in [-0.25, -0.2) is 0 Å². The third-order valence-electron chi connectivity index (χ3n) is 3.15. The molecule has 0 saturated heterocycles. The zero-order valence-electron chi connectivity index (χ0n) is 12.7. The molecule has 0 aliphatic heterocycles. The molecule has 0 radical (unpaired) electrons. The first-order valence-electron chi connectivity index (χ1n) is 6.44. The first-order chi connectivity index (χ1) is 9.78. The van der Waals surface area contributed by atoms with Crippen LogP contribution < -0.4 is 11.1 Å². The Morgan fingerprint density at radius 3 is 1.81 bits per heavy atom. The van der Waals surface area contributed by atoms with E-state index in [1.165, 1.54) is 14.2 Å². The second-order valence-corrected chi connectivity index (χ2v) is 4.74. The molecule has 2 amide bonds. The summed E-state index contributed by atoms with van der Waals surface area (Å²) < 4.78 is 9.08. The summed E-state index contributed by atoms with van der Waals surface area (Å²) >= 11 is 0. The van der Waals surface area contributed by atoms with Crippen molar-refractivity contribution in [2.45, 2.75) is 19.8 Å². The van der Waals surface area contributed by atoms with Crippen LogP contribution in [0.25, 0.3) is 0 Å². The van der Waals surface area contributed by atoms with Crippen molar-refractivity contribution in [2.75, 3.05) is 21.3 Å². The number of primary amides is 1. The van der Waals surface area contributed by atoms with Gasteiger partial charge in [0.1, 0.15) is 11.8 Å². The first-order valence-corrected chi connectivity index (χ1v) is 6.44. The number of hydrogen-bond donors (Lipinski definition) is 2. The van der Waals surface area contributed by atoms with Crippen LogP contribution in [0.15, 0.2) is 0 Å². The van der Waals surface area contributed by atoms with Crippen LogP contribution in [0, 0.1) is 17.8 Å². The van der Waals surface area contributed by atoms with Crippen LogP contribution in [0.4, 0.5) is 0 Å². The highest BCUT2D eigenvalue weighted by atomic mass is 16.5. The zero-order valence-corrected chi connectivity index (χ0v) is 12.7. The molecular weight excluding hydrogens is 280 g/mol. The Balaban J connectivity index is 4.86. The van der Waals surface area contributed by atoms with E-state index in [1.807, 2.05) is 0 Å². The van der Waals surface area contributed by atoms with Gasteiger partial charge in [0.25, 0.3) is 0 Å². The van der Waals surface area contributed by atoms with Crippen LogP contribution in [0.3, 0.4) is 0 Å². The molecule has 0 heterocycles. The maximum atomic E-state index is 11.7. The Bertz CT molecular complexity index is 393. The van der Waals surface area contributed by atoms with Crippen molar-refractivity contribution >= 4 is 23.8 Å². The molecule has 0 aromatic rings. The molecule has 21 heavy (non-hydrogen) atoms. The number of esters is 2. The van der Waals surface area contributed by atoms with Gasteiger partial charge in [0.2, 0.25) is 11.8 Å². The van der Waals surface area contributed by atoms with Gasteiger partial charge in [-0.3, -0.25) is 19.2 Å². The van der Waals surface area contributed by atoms with Crippen molar-refractivity contribution < 1.29 is 28.7 Å². The Labute approximate surface area is 123 Å². The van der Waals surface area contributed by atoms with Gasteiger partial charge in [-0.1, -0.05) is 6.92 Å². The van der Waals surface area contributed by atoms with Gasteiger partial charge in [-0.05, 0) is 18.8 Å². The van der Waals surface area contributed by atoms with Gasteiger partial charge >= 0.3 is 11.9 Å². The fourth-order valence-corrected chi connectivity index (χ4v) is 2.00. The van der Waals surface area contributed by atoms with Crippen molar-refractivity contribution in [3.05, 3.63) is 0 Å². The van der Waals surface area contributed by atoms with E-state index in [-0.39, 0.29) is 18.8 Å². The highest BCUT2D eigenvalue weighted by molar-refractivity contribution is 5.98. The minimum absolute atomic E-state index is 0.0898. The van der Waals surface area contributed by atoms with E-state index in [2.05, 4.69) is 14.8 Å². The molecule has 8 heteroatoms. The molecular formula is C13H22N2O6. The molecule has 0 bridgehead atoms. The van der Waals surface area contributed by atoms with Crippen LogP contribution in [0.2, 0.25) is 0 Å². The second kappa shape index (κ2) is 8.93. The number of hydrogen-bond acceptors (Lipinski definition) is 6. The molecule has 0 aromatic carbocycles. The van der Waals surface area contributed by atoms with Crippen LogP contribution in [-0.4, -0.2) is 45.0 Å². The van der Waals surface area contributed by atoms with Gasteiger partial charge in [0.05, 0.1) is 14.2 Å². The van der Waals surface area contributed by atoms with E-state index in [1.54, 1.807) is 6.92 Å². The van der Waals surface area contributed by atoms with E-state index in [9.17, 15) is 19.2 Å². The van der Waals surface area contributed by atoms with Crippen molar-refractivity contribution in [1.82, 2.24) is 5.32 Å². The molecule has 3 N–H and O–H groups in total. The molecule has 2 unspecified atom stereocenters. The predicted octanol–water partition coefficient (Wildman–Crippen LogP) is -0.788. The molecule has 0 aliphatic carbocycles. The number of carbonyl (C=O) groups is 4. The van der Waals surface area contributed by atoms with Crippen molar-refractivity contribution in [3.63, 3.8) is 0 Å². The van der Waals surface area contributed by atoms with Gasteiger partial charge in [0.15, 0.2) is 0 Å². The summed E-state index contributed by atoms with van der Waals surface area (Å²) in [5, 5.41) is 2.37. The summed E-state index contributed by atoms with van der Waals surface area (Å²) in [6.45, 7) is 1.71. The van der Waals surface area contributed by atoms with E-state index < -0.39 is 35.6 Å². The molecule has 8 nitrogen and oxygen atoms in total. The normalized spacial score (nSPS) is 14.5. The SMILES string of the molecule is CNC(=O)C(C[C@@H](C)CC(C(N)=O)C(=O)OC)C(=O)OC. The van der Waals surface area contributed by atoms with Crippen molar-refractivity contribution in [3.8, 4) is 0 Å². The van der Waals surface area contributed by atoms with Gasteiger partial charge in [-0.2, -0.15) is 0 Å². The maximum absolute atomic E-state index is 11.7. The summed E-state index contributed by atoms with van der Waals surface area (Å²) in [6, 6.07) is 0. The Morgan fingerprint density at radius 2 is 1.43 bits per heavy atom. The van der Waals surface area contributed by atoms with Gasteiger partial charge in [0, 0.05) is 7.05 Å². The van der Waals surface area contributed by atoms with E-state index in [0.29, 0.717) is 0 Å². The fraction of sp³-hybridized carbons (Fsp3) is 0.692. The van der Waals surface area contributed by atoms with Gasteiger partial charge in [-0.15, -0.1) is 0 Å². The minimum atomic E-state index is -1.10. The van der Waals surface area contributed by atoms with Crippen molar-refractivity contribution in [2.24, 2.45) is 23.5 Å². The quantitative estimate of drug-likeness (QED) is 0.447. The first kappa shape index (κ1) is 18.9. The number of ether oxygens (including phenoxy) is 2. The number of methoxy groups -OCH3 is 2. The number of rotatable bonds is 8. The highest BCUT2D eigenvalue weighted by Crippen LogP contribution is 2.22. The minimum Gasteiger partial charge on any atom is -0.468 e. The van der Waals surface area contributed by atoms with E-state index >= 15 is 0 Å². The Morgan fingerprint density at radius 1 is 1.00 bits per heavy atom. The molecule has 0 spiro atoms. The average Bonchev–Trinajstić information content (AvgIpc) is 2.47. The maximum Gasteiger partial charge on any atom is 0.318 e. The molecule has 0 saturated carbocycles. The third kappa shape index (κ3) is 5.80. The van der Waals surface area contributed by atoms with Crippen molar-refractivity contribution in [1.29, 1.82) is 0 Å². The lowest BCUT2D eigenvalue weighted by atomic mass is 9.87. The van der Waals surface area contributed by atoms with Crippen LogP contribution in [0.5, 0.6) is 0 Å². The predicted molar refractivity (Wildman–Crippen MR) is 72.7 cm³/mol. The van der Waals surface area contributed by atoms with E-state index in [4.69, 9.17) is 5.73 Å². The molecule has 3 atom stereocenters. The van der Waals surface area contributed by atoms with Crippen LogP contribution >= 0.6 is 0 Å². The number of nitrogens with two attached hydrogens (primary N) is 1. The highest BCUT2D eigenvalue weighted by Gasteiger charge is 2.32. The van der Waals surface area contributed by atoms with E-state index in [0.717, 1.165) is 7.11 Å². The fourth-order valence-electron chi connectivity index (χ4n) is 2.00. The van der Waals surface area contributed by atoms with Gasteiger partial charge < -0.3 is 20.5 Å². The third-order valence-corrected chi connectivity index (χ3v) is 3.15. The monoisotopic (exact) mass is 302 g/mol. The summed E-state index contributed by atoms with van der Waals surface area (Å²) in [7, 11) is 3.75. The topological polar surface area (TPSA) is 125 Å². The van der Waals surface area contributed by atoms with Crippen LogP contribution in [-0.2, 0) is 28.7 Å². The summed E-state index contributed by atoms with van der Waals surface area (Å²) in [5.74, 6) is -5.08. The molecule has 120 valence electrons. The second-order valence-electron chi connectivity index (χ2n) is 4.74. The lowest BCUT2D eigenvalue weighted by molar-refractivity contribution is -0.150. The Hall–Kier alpha value is -2.12. The number of carbonyl (C=O) groups excluding carboxylic acids is 4. The summed E-state index contributed by atoms with van der Waals surface area (Å²) in [4.78, 5) is 46.0. The van der Waals surface area contributed by atoms with Crippen LogP contribution in [0.1, 0.15) is 19.8 Å². The average molecular weight is 302 g/mol.